The first-order valence-electron chi connectivity index (χ1n) is 4.40. The van der Waals surface area contributed by atoms with E-state index in [0.717, 1.165) is 19.3 Å². The van der Waals surface area contributed by atoms with E-state index in [1.807, 2.05) is 4.08 Å². The van der Waals surface area contributed by atoms with E-state index in [1.165, 1.54) is 0 Å². The van der Waals surface area contributed by atoms with Crippen molar-refractivity contribution >= 4 is 22.6 Å². The number of rotatable bonds is 2. The minimum atomic E-state index is -0.379. The fourth-order valence-corrected chi connectivity index (χ4v) is 2.67. The van der Waals surface area contributed by atoms with E-state index in [2.05, 4.69) is 40.8 Å². The summed E-state index contributed by atoms with van der Waals surface area (Å²) in [7, 11) is 0. The summed E-state index contributed by atoms with van der Waals surface area (Å²) < 4.78 is 1.99. The zero-order valence-corrected chi connectivity index (χ0v) is 9.07. The summed E-state index contributed by atoms with van der Waals surface area (Å²) in [5.41, 5.74) is -0.379. The Morgan fingerprint density at radius 1 is 1.67 bits per heavy atom. The normalized spacial score (nSPS) is 44.8. The van der Waals surface area contributed by atoms with Crippen molar-refractivity contribution in [1.29, 1.82) is 0 Å². The summed E-state index contributed by atoms with van der Waals surface area (Å²) in [6.45, 7) is 0. The van der Waals surface area contributed by atoms with Gasteiger partial charge < -0.3 is 5.11 Å². The van der Waals surface area contributed by atoms with Gasteiger partial charge in [-0.1, -0.05) is 40.8 Å². The van der Waals surface area contributed by atoms with Crippen molar-refractivity contribution in [2.75, 3.05) is 0 Å². The van der Waals surface area contributed by atoms with Crippen LogP contribution in [-0.4, -0.2) is 10.7 Å². The second-order valence-corrected chi connectivity index (χ2v) is 4.53. The molecule has 1 N–H and O–H groups in total. The molecule has 0 aromatic carbocycles. The summed E-state index contributed by atoms with van der Waals surface area (Å²) in [6, 6.07) is 0. The second-order valence-electron chi connectivity index (χ2n) is 3.81. The largest absolute Gasteiger partial charge is 0.389 e. The third-order valence-electron chi connectivity index (χ3n) is 3.13. The van der Waals surface area contributed by atoms with Crippen LogP contribution in [0.4, 0.5) is 0 Å². The third kappa shape index (κ3) is 1.25. The van der Waals surface area contributed by atoms with E-state index in [-0.39, 0.29) is 5.60 Å². The van der Waals surface area contributed by atoms with Crippen LogP contribution in [-0.2, 0) is 0 Å². The van der Waals surface area contributed by atoms with E-state index in [0.29, 0.717) is 11.8 Å². The van der Waals surface area contributed by atoms with Crippen molar-refractivity contribution < 1.29 is 5.11 Å². The van der Waals surface area contributed by atoms with Crippen molar-refractivity contribution in [2.24, 2.45) is 11.8 Å². The topological polar surface area (TPSA) is 20.2 Å². The van der Waals surface area contributed by atoms with Gasteiger partial charge in [0.05, 0.1) is 5.60 Å². The van der Waals surface area contributed by atoms with Crippen LogP contribution in [0.3, 0.4) is 0 Å². The molecule has 12 heavy (non-hydrogen) atoms. The maximum atomic E-state index is 10.1. The number of halogens is 1. The Kier molecular flexibility index (Phi) is 2.29. The van der Waals surface area contributed by atoms with Crippen molar-refractivity contribution in [3.05, 3.63) is 22.3 Å². The van der Waals surface area contributed by atoms with Crippen LogP contribution in [0.1, 0.15) is 19.3 Å². The molecule has 0 aromatic rings. The minimum Gasteiger partial charge on any atom is -0.389 e. The minimum absolute atomic E-state index is 0.379. The van der Waals surface area contributed by atoms with Crippen LogP contribution < -0.4 is 0 Å². The van der Waals surface area contributed by atoms with Crippen molar-refractivity contribution in [1.82, 2.24) is 0 Å². The predicted molar refractivity (Wildman–Crippen MR) is 58.1 cm³/mol. The van der Waals surface area contributed by atoms with Gasteiger partial charge in [-0.05, 0) is 35.2 Å². The summed E-state index contributed by atoms with van der Waals surface area (Å²) in [4.78, 5) is 0. The highest BCUT2D eigenvalue weighted by molar-refractivity contribution is 14.1. The second kappa shape index (κ2) is 3.14. The molecule has 1 saturated carbocycles. The highest BCUT2D eigenvalue weighted by atomic mass is 127. The van der Waals surface area contributed by atoms with Crippen LogP contribution in [0.5, 0.6) is 0 Å². The number of aliphatic hydroxyl groups is 1. The van der Waals surface area contributed by atoms with E-state index >= 15 is 0 Å². The smallest absolute Gasteiger partial charge is 0.0724 e. The van der Waals surface area contributed by atoms with Gasteiger partial charge in [0, 0.05) is 0 Å². The van der Waals surface area contributed by atoms with Crippen LogP contribution >= 0.6 is 22.6 Å². The molecule has 0 bridgehead atoms. The van der Waals surface area contributed by atoms with Crippen LogP contribution in [0.2, 0.25) is 0 Å². The van der Waals surface area contributed by atoms with Gasteiger partial charge in [0.15, 0.2) is 0 Å². The molecule has 0 aliphatic heterocycles. The Hall–Kier alpha value is 0.170. The number of hydrogen-bond donors (Lipinski definition) is 1. The summed E-state index contributed by atoms with van der Waals surface area (Å²) in [6.07, 6.45) is 9.41. The summed E-state index contributed by atoms with van der Waals surface area (Å²) >= 11 is 2.20. The molecule has 3 atom stereocenters. The lowest BCUT2D eigenvalue weighted by molar-refractivity contribution is -0.113. The van der Waals surface area contributed by atoms with Gasteiger partial charge >= 0.3 is 0 Å². The zero-order chi connectivity index (χ0) is 8.60. The highest BCUT2D eigenvalue weighted by Gasteiger charge is 2.51. The Balaban J connectivity index is 1.97. The van der Waals surface area contributed by atoms with Crippen molar-refractivity contribution in [3.63, 3.8) is 0 Å². The number of allylic oxidation sites excluding steroid dienone is 2. The molecule has 2 aliphatic rings. The molecular weight excluding hydrogens is 263 g/mol. The van der Waals surface area contributed by atoms with Gasteiger partial charge in [-0.15, -0.1) is 0 Å². The Morgan fingerprint density at radius 3 is 3.17 bits per heavy atom. The number of fused-ring (bicyclic) bond motifs is 1. The van der Waals surface area contributed by atoms with Crippen molar-refractivity contribution in [2.45, 2.75) is 24.9 Å². The molecule has 1 fully saturated rings. The molecule has 1 nitrogen and oxygen atoms in total. The first-order chi connectivity index (χ1) is 5.76. The summed E-state index contributed by atoms with van der Waals surface area (Å²) in [5, 5.41) is 10.1. The molecule has 66 valence electrons. The Morgan fingerprint density at radius 2 is 2.50 bits per heavy atom. The standard InChI is InChI=1S/C10H13IO/c11-6-2-5-10(12)7-8-3-1-4-9(8)10/h1-3,6,8-9,12H,4-5,7H2. The van der Waals surface area contributed by atoms with Crippen LogP contribution in [0, 0.1) is 11.8 Å². The maximum Gasteiger partial charge on any atom is 0.0724 e. The zero-order valence-electron chi connectivity index (χ0n) is 6.91. The number of hydrogen-bond acceptors (Lipinski definition) is 1. The molecule has 0 saturated heterocycles. The van der Waals surface area contributed by atoms with Crippen LogP contribution in [0.15, 0.2) is 22.3 Å². The van der Waals surface area contributed by atoms with Gasteiger partial charge in [-0.3, -0.25) is 0 Å². The fraction of sp³-hybridized carbons (Fsp3) is 0.600. The summed E-state index contributed by atoms with van der Waals surface area (Å²) in [5.74, 6) is 1.20. The molecule has 3 unspecified atom stereocenters. The SMILES string of the molecule is OC1(CC=CI)CC2C=CCC21. The predicted octanol–water partition coefficient (Wildman–Crippen LogP) is 2.65. The van der Waals surface area contributed by atoms with Crippen LogP contribution in [0.25, 0.3) is 0 Å². The fourth-order valence-electron chi connectivity index (χ4n) is 2.42. The molecule has 2 rings (SSSR count). The highest BCUT2D eigenvalue weighted by Crippen LogP contribution is 2.52. The van der Waals surface area contributed by atoms with E-state index < -0.39 is 0 Å². The molecule has 0 amide bonds. The van der Waals surface area contributed by atoms with E-state index in [4.69, 9.17) is 0 Å². The lowest BCUT2D eigenvalue weighted by Gasteiger charge is -2.48. The van der Waals surface area contributed by atoms with Gasteiger partial charge in [0.25, 0.3) is 0 Å². The van der Waals surface area contributed by atoms with Gasteiger partial charge in [-0.25, -0.2) is 0 Å². The van der Waals surface area contributed by atoms with Gasteiger partial charge in [0.2, 0.25) is 0 Å². The Bertz CT molecular complexity index is 234. The van der Waals surface area contributed by atoms with Crippen molar-refractivity contribution in [3.8, 4) is 0 Å². The molecule has 0 spiro atoms. The molecule has 0 aromatic heterocycles. The molecule has 2 heteroatoms. The monoisotopic (exact) mass is 276 g/mol. The molecule has 0 heterocycles. The molecule has 2 aliphatic carbocycles. The lowest BCUT2D eigenvalue weighted by atomic mass is 9.61. The molecular formula is C10H13IO. The maximum absolute atomic E-state index is 10.1. The van der Waals surface area contributed by atoms with Gasteiger partial charge in [-0.2, -0.15) is 0 Å². The quantitative estimate of drug-likeness (QED) is 0.607. The molecule has 0 radical (unpaired) electrons. The Labute approximate surface area is 86.7 Å². The third-order valence-corrected chi connectivity index (χ3v) is 3.64. The first-order valence-corrected chi connectivity index (χ1v) is 5.65. The average Bonchev–Trinajstić information content (AvgIpc) is 2.43. The van der Waals surface area contributed by atoms with E-state index in [9.17, 15) is 5.11 Å². The lowest BCUT2D eigenvalue weighted by Crippen LogP contribution is -2.51. The van der Waals surface area contributed by atoms with Gasteiger partial charge in [0.1, 0.15) is 0 Å². The van der Waals surface area contributed by atoms with E-state index in [1.54, 1.807) is 0 Å². The average molecular weight is 276 g/mol. The first kappa shape index (κ1) is 8.75.